The van der Waals surface area contributed by atoms with Crippen LogP contribution in [0.4, 0.5) is 11.4 Å². The van der Waals surface area contributed by atoms with Gasteiger partial charge in [0, 0.05) is 19.5 Å². The van der Waals surface area contributed by atoms with Crippen molar-refractivity contribution in [2.75, 3.05) is 11.4 Å². The molecule has 0 aromatic heterocycles. The number of nitrogens with zero attached hydrogens (tertiary/aromatic N) is 2. The molecule has 5 heteroatoms. The predicted molar refractivity (Wildman–Crippen MR) is 70.9 cm³/mol. The highest BCUT2D eigenvalue weighted by molar-refractivity contribution is 5.95. The van der Waals surface area contributed by atoms with E-state index in [4.69, 9.17) is 0 Å². The third kappa shape index (κ3) is 2.85. The first-order chi connectivity index (χ1) is 8.38. The zero-order valence-electron chi connectivity index (χ0n) is 11.2. The summed E-state index contributed by atoms with van der Waals surface area (Å²) in [5.41, 5.74) is 1.99. The van der Waals surface area contributed by atoms with Crippen molar-refractivity contribution in [3.8, 4) is 0 Å². The highest BCUT2D eigenvalue weighted by Crippen LogP contribution is 2.33. The summed E-state index contributed by atoms with van der Waals surface area (Å²) in [7, 11) is 0. The van der Waals surface area contributed by atoms with E-state index in [1.807, 2.05) is 19.9 Å². The van der Waals surface area contributed by atoms with Gasteiger partial charge in [-0.2, -0.15) is 0 Å². The monoisotopic (exact) mass is 250 g/mol. The minimum atomic E-state index is -0.430. The standard InChI is InChI=1S/C13H18N2O3/c1-5-6-14(11(4)16)13-10(3)7-9(2)8-12(13)15(17)18/h7-8H,5-6H2,1-4H3. The molecule has 0 saturated carbocycles. The Bertz CT molecular complexity index is 483. The van der Waals surface area contributed by atoms with Gasteiger partial charge in [-0.25, -0.2) is 0 Å². The van der Waals surface area contributed by atoms with Crippen LogP contribution in [0.3, 0.4) is 0 Å². The number of hydrogen-bond acceptors (Lipinski definition) is 3. The molecular formula is C13H18N2O3. The van der Waals surface area contributed by atoms with Crippen molar-refractivity contribution < 1.29 is 9.72 Å². The number of hydrogen-bond donors (Lipinski definition) is 0. The highest BCUT2D eigenvalue weighted by Gasteiger charge is 2.24. The molecule has 1 aromatic carbocycles. The Morgan fingerprint density at radius 1 is 1.39 bits per heavy atom. The number of nitro benzene ring substituents is 1. The highest BCUT2D eigenvalue weighted by atomic mass is 16.6. The van der Waals surface area contributed by atoms with Crippen LogP contribution in [0, 0.1) is 24.0 Å². The van der Waals surface area contributed by atoms with Crippen molar-refractivity contribution >= 4 is 17.3 Å². The number of aryl methyl sites for hydroxylation is 2. The molecule has 0 heterocycles. The van der Waals surface area contributed by atoms with Gasteiger partial charge in [0.25, 0.3) is 5.69 Å². The van der Waals surface area contributed by atoms with E-state index < -0.39 is 4.92 Å². The fourth-order valence-electron chi connectivity index (χ4n) is 2.08. The molecule has 0 aliphatic rings. The quantitative estimate of drug-likeness (QED) is 0.609. The summed E-state index contributed by atoms with van der Waals surface area (Å²) in [5, 5.41) is 11.1. The van der Waals surface area contributed by atoms with Gasteiger partial charge in [-0.3, -0.25) is 14.9 Å². The lowest BCUT2D eigenvalue weighted by Crippen LogP contribution is -2.30. The first-order valence-corrected chi connectivity index (χ1v) is 5.92. The van der Waals surface area contributed by atoms with E-state index in [1.165, 1.54) is 17.9 Å². The third-order valence-electron chi connectivity index (χ3n) is 2.72. The molecule has 0 spiro atoms. The Morgan fingerprint density at radius 3 is 2.44 bits per heavy atom. The molecule has 1 aromatic rings. The maximum Gasteiger partial charge on any atom is 0.293 e. The molecule has 0 saturated heterocycles. The summed E-state index contributed by atoms with van der Waals surface area (Å²) in [6.07, 6.45) is 0.754. The molecule has 0 fully saturated rings. The van der Waals surface area contributed by atoms with Gasteiger partial charge in [0.1, 0.15) is 5.69 Å². The van der Waals surface area contributed by atoms with Crippen molar-refractivity contribution in [1.29, 1.82) is 0 Å². The van der Waals surface area contributed by atoms with Crippen molar-refractivity contribution in [1.82, 2.24) is 0 Å². The van der Waals surface area contributed by atoms with E-state index in [0.717, 1.165) is 17.5 Å². The van der Waals surface area contributed by atoms with Crippen molar-refractivity contribution in [3.63, 3.8) is 0 Å². The second-order valence-electron chi connectivity index (χ2n) is 4.38. The molecule has 0 N–H and O–H groups in total. The molecule has 18 heavy (non-hydrogen) atoms. The van der Waals surface area contributed by atoms with Crippen LogP contribution in [0.25, 0.3) is 0 Å². The summed E-state index contributed by atoms with van der Waals surface area (Å²) in [6.45, 7) is 7.45. The van der Waals surface area contributed by atoms with Crippen molar-refractivity contribution in [2.24, 2.45) is 0 Å². The summed E-state index contributed by atoms with van der Waals surface area (Å²) in [5.74, 6) is -0.174. The number of amides is 1. The van der Waals surface area contributed by atoms with Crippen LogP contribution in [-0.4, -0.2) is 17.4 Å². The Hall–Kier alpha value is -1.91. The number of carbonyl (C=O) groups is 1. The maximum atomic E-state index is 11.6. The molecule has 0 aliphatic heterocycles. The normalized spacial score (nSPS) is 10.2. The Balaban J connectivity index is 3.44. The van der Waals surface area contributed by atoms with E-state index in [2.05, 4.69) is 0 Å². The van der Waals surface area contributed by atoms with Crippen LogP contribution >= 0.6 is 0 Å². The molecule has 1 rings (SSSR count). The Labute approximate surface area is 107 Å². The molecule has 0 radical (unpaired) electrons. The fraction of sp³-hybridized carbons (Fsp3) is 0.462. The van der Waals surface area contributed by atoms with E-state index in [9.17, 15) is 14.9 Å². The molecule has 0 aliphatic carbocycles. The number of anilines is 1. The minimum absolute atomic E-state index is 0.00356. The number of carbonyl (C=O) groups excluding carboxylic acids is 1. The van der Waals surface area contributed by atoms with Crippen LogP contribution in [0.5, 0.6) is 0 Å². The molecule has 1 amide bonds. The van der Waals surface area contributed by atoms with E-state index in [0.29, 0.717) is 12.2 Å². The second kappa shape index (κ2) is 5.62. The SMILES string of the molecule is CCCN(C(C)=O)c1c(C)cc(C)cc1[N+](=O)[O-]. The molecule has 98 valence electrons. The first-order valence-electron chi connectivity index (χ1n) is 5.92. The van der Waals surface area contributed by atoms with Gasteiger partial charge in [0.2, 0.25) is 5.91 Å². The first kappa shape index (κ1) is 14.2. The fourth-order valence-corrected chi connectivity index (χ4v) is 2.08. The van der Waals surface area contributed by atoms with Gasteiger partial charge in [-0.1, -0.05) is 13.0 Å². The zero-order valence-corrected chi connectivity index (χ0v) is 11.2. The van der Waals surface area contributed by atoms with Crippen LogP contribution in [0.2, 0.25) is 0 Å². The second-order valence-corrected chi connectivity index (χ2v) is 4.38. The Morgan fingerprint density at radius 2 is 2.00 bits per heavy atom. The molecule has 5 nitrogen and oxygen atoms in total. The number of rotatable bonds is 4. The van der Waals surface area contributed by atoms with E-state index in [-0.39, 0.29) is 11.6 Å². The molecule has 0 unspecified atom stereocenters. The van der Waals surface area contributed by atoms with Gasteiger partial charge >= 0.3 is 0 Å². The summed E-state index contributed by atoms with van der Waals surface area (Å²) in [6, 6.07) is 3.36. The summed E-state index contributed by atoms with van der Waals surface area (Å²) >= 11 is 0. The van der Waals surface area contributed by atoms with Crippen molar-refractivity contribution in [3.05, 3.63) is 33.4 Å². The van der Waals surface area contributed by atoms with Crippen LogP contribution in [0.1, 0.15) is 31.4 Å². The van der Waals surface area contributed by atoms with Crippen LogP contribution < -0.4 is 4.90 Å². The topological polar surface area (TPSA) is 63.5 Å². The lowest BCUT2D eigenvalue weighted by atomic mass is 10.1. The van der Waals surface area contributed by atoms with E-state index >= 15 is 0 Å². The van der Waals surface area contributed by atoms with Gasteiger partial charge in [-0.15, -0.1) is 0 Å². The van der Waals surface area contributed by atoms with Gasteiger partial charge in [-0.05, 0) is 31.4 Å². The smallest absolute Gasteiger partial charge is 0.293 e. The third-order valence-corrected chi connectivity index (χ3v) is 2.72. The molecule has 0 atom stereocenters. The number of nitro groups is 1. The lowest BCUT2D eigenvalue weighted by molar-refractivity contribution is -0.384. The summed E-state index contributed by atoms with van der Waals surface area (Å²) < 4.78 is 0. The Kier molecular flexibility index (Phi) is 4.42. The average Bonchev–Trinajstić information content (AvgIpc) is 2.25. The largest absolute Gasteiger partial charge is 0.306 e. The van der Waals surface area contributed by atoms with Gasteiger partial charge in [0.15, 0.2) is 0 Å². The summed E-state index contributed by atoms with van der Waals surface area (Å²) in [4.78, 5) is 23.8. The number of benzene rings is 1. The van der Waals surface area contributed by atoms with Gasteiger partial charge < -0.3 is 4.90 Å². The molecule has 0 bridgehead atoms. The average molecular weight is 250 g/mol. The van der Waals surface area contributed by atoms with E-state index in [1.54, 1.807) is 6.92 Å². The van der Waals surface area contributed by atoms with Crippen LogP contribution in [-0.2, 0) is 4.79 Å². The maximum absolute atomic E-state index is 11.6. The zero-order chi connectivity index (χ0) is 13.9. The lowest BCUT2D eigenvalue weighted by Gasteiger charge is -2.22. The minimum Gasteiger partial charge on any atom is -0.306 e. The molecular weight excluding hydrogens is 232 g/mol. The van der Waals surface area contributed by atoms with Crippen LogP contribution in [0.15, 0.2) is 12.1 Å². The van der Waals surface area contributed by atoms with Crippen molar-refractivity contribution in [2.45, 2.75) is 34.1 Å². The van der Waals surface area contributed by atoms with Gasteiger partial charge in [0.05, 0.1) is 4.92 Å². The predicted octanol–water partition coefficient (Wildman–Crippen LogP) is 2.97.